The van der Waals surface area contributed by atoms with Crippen LogP contribution in [0.4, 0.5) is 0 Å². The summed E-state index contributed by atoms with van der Waals surface area (Å²) in [6.07, 6.45) is 4.55. The number of nitrogens with one attached hydrogen (secondary N) is 3. The molecule has 0 radical (unpaired) electrons. The normalized spacial score (nSPS) is 15.2. The molecule has 0 saturated carbocycles. The largest absolute Gasteiger partial charge is 0.468 e. The molecule has 3 N–H and O–H groups in total. The highest BCUT2D eigenvalue weighted by atomic mass is 127. The van der Waals surface area contributed by atoms with Gasteiger partial charge in [-0.15, -0.1) is 24.0 Å². The van der Waals surface area contributed by atoms with Crippen molar-refractivity contribution in [2.75, 3.05) is 32.7 Å². The Morgan fingerprint density at radius 2 is 1.87 bits per heavy atom. The SMILES string of the molecule is CCNC(=NCC(c1ccco1)N1CCCC1)NCCC(=O)NCc1ccccc1.I. The van der Waals surface area contributed by atoms with Crippen molar-refractivity contribution in [3.8, 4) is 0 Å². The van der Waals surface area contributed by atoms with Crippen LogP contribution in [0.15, 0.2) is 58.1 Å². The Hall–Kier alpha value is -2.07. The minimum Gasteiger partial charge on any atom is -0.468 e. The molecule has 1 unspecified atom stereocenters. The van der Waals surface area contributed by atoms with Gasteiger partial charge in [0.1, 0.15) is 5.76 Å². The molecule has 1 atom stereocenters. The van der Waals surface area contributed by atoms with Gasteiger partial charge >= 0.3 is 0 Å². The first-order valence-corrected chi connectivity index (χ1v) is 10.9. The van der Waals surface area contributed by atoms with E-state index in [0.29, 0.717) is 26.1 Å². The summed E-state index contributed by atoms with van der Waals surface area (Å²) in [5.41, 5.74) is 1.10. The number of likely N-dealkylation sites (tertiary alicyclic amines) is 1. The van der Waals surface area contributed by atoms with Gasteiger partial charge in [0.2, 0.25) is 5.91 Å². The molecule has 2 aromatic rings. The Morgan fingerprint density at radius 1 is 1.10 bits per heavy atom. The fourth-order valence-corrected chi connectivity index (χ4v) is 3.62. The van der Waals surface area contributed by atoms with E-state index in [1.807, 2.05) is 49.4 Å². The van der Waals surface area contributed by atoms with Crippen LogP contribution in [0.5, 0.6) is 0 Å². The minimum atomic E-state index is 0. The lowest BCUT2D eigenvalue weighted by atomic mass is 10.2. The number of hydrogen-bond donors (Lipinski definition) is 3. The van der Waals surface area contributed by atoms with Crippen molar-refractivity contribution in [2.45, 2.75) is 38.8 Å². The number of carbonyl (C=O) groups excluding carboxylic acids is 1. The molecule has 1 aliphatic rings. The summed E-state index contributed by atoms with van der Waals surface area (Å²) < 4.78 is 5.67. The monoisotopic (exact) mass is 539 g/mol. The second-order valence-electron chi connectivity index (χ2n) is 7.43. The van der Waals surface area contributed by atoms with E-state index in [1.165, 1.54) is 12.8 Å². The van der Waals surface area contributed by atoms with Crippen molar-refractivity contribution in [3.63, 3.8) is 0 Å². The fraction of sp³-hybridized carbons (Fsp3) is 0.478. The van der Waals surface area contributed by atoms with Crippen molar-refractivity contribution in [2.24, 2.45) is 4.99 Å². The predicted octanol–water partition coefficient (Wildman–Crippen LogP) is 3.30. The smallest absolute Gasteiger partial charge is 0.222 e. The number of carbonyl (C=O) groups is 1. The number of aliphatic imine (C=N–C) groups is 1. The van der Waals surface area contributed by atoms with Crippen molar-refractivity contribution >= 4 is 35.8 Å². The molecule has 0 aliphatic carbocycles. The molecule has 1 fully saturated rings. The van der Waals surface area contributed by atoms with E-state index in [4.69, 9.17) is 9.41 Å². The lowest BCUT2D eigenvalue weighted by Gasteiger charge is -2.24. The maximum absolute atomic E-state index is 12.1. The number of amides is 1. The van der Waals surface area contributed by atoms with E-state index in [2.05, 4.69) is 20.9 Å². The van der Waals surface area contributed by atoms with Crippen LogP contribution in [0.1, 0.15) is 43.6 Å². The molecule has 170 valence electrons. The first-order chi connectivity index (χ1) is 14.8. The van der Waals surface area contributed by atoms with Gasteiger partial charge in [0.25, 0.3) is 0 Å². The summed E-state index contributed by atoms with van der Waals surface area (Å²) in [6.45, 7) is 6.65. The molecular weight excluding hydrogens is 505 g/mol. The van der Waals surface area contributed by atoms with E-state index in [1.54, 1.807) is 6.26 Å². The van der Waals surface area contributed by atoms with Crippen molar-refractivity contribution < 1.29 is 9.21 Å². The molecule has 2 heterocycles. The molecule has 1 aliphatic heterocycles. The number of guanidine groups is 1. The fourth-order valence-electron chi connectivity index (χ4n) is 3.62. The summed E-state index contributed by atoms with van der Waals surface area (Å²) in [7, 11) is 0. The van der Waals surface area contributed by atoms with Gasteiger partial charge in [-0.05, 0) is 50.6 Å². The van der Waals surface area contributed by atoms with E-state index >= 15 is 0 Å². The van der Waals surface area contributed by atoms with Crippen LogP contribution in [-0.4, -0.2) is 49.5 Å². The quantitative estimate of drug-likeness (QED) is 0.245. The van der Waals surface area contributed by atoms with Crippen molar-refractivity contribution in [1.82, 2.24) is 20.9 Å². The first-order valence-electron chi connectivity index (χ1n) is 10.9. The highest BCUT2D eigenvalue weighted by Gasteiger charge is 2.25. The van der Waals surface area contributed by atoms with Gasteiger partial charge in [-0.2, -0.15) is 0 Å². The lowest BCUT2D eigenvalue weighted by Crippen LogP contribution is -2.40. The Balaban J connectivity index is 0.00000341. The van der Waals surface area contributed by atoms with Crippen LogP contribution < -0.4 is 16.0 Å². The number of rotatable bonds is 10. The molecule has 1 amide bonds. The average molecular weight is 539 g/mol. The highest BCUT2D eigenvalue weighted by molar-refractivity contribution is 14.0. The first kappa shape index (κ1) is 25.2. The van der Waals surface area contributed by atoms with Crippen LogP contribution in [-0.2, 0) is 11.3 Å². The molecule has 7 nitrogen and oxygen atoms in total. The second kappa shape index (κ2) is 14.1. The standard InChI is InChI=1S/C23H33N5O2.HI/c1-2-24-23(25-13-12-22(29)26-17-19-9-4-3-5-10-19)27-18-20(21-11-8-16-30-21)28-14-6-7-15-28;/h3-5,8-11,16,20H,2,6-7,12-15,17-18H2,1H3,(H,26,29)(H2,24,25,27);1H. The molecule has 31 heavy (non-hydrogen) atoms. The number of nitrogens with zero attached hydrogens (tertiary/aromatic N) is 2. The molecule has 1 aromatic heterocycles. The van der Waals surface area contributed by atoms with Gasteiger partial charge in [0, 0.05) is 26.1 Å². The number of benzene rings is 1. The van der Waals surface area contributed by atoms with Crippen molar-refractivity contribution in [1.29, 1.82) is 0 Å². The van der Waals surface area contributed by atoms with Crippen LogP contribution in [0.25, 0.3) is 0 Å². The van der Waals surface area contributed by atoms with Gasteiger partial charge in [0.05, 0.1) is 18.8 Å². The molecular formula is C23H34IN5O2. The third kappa shape index (κ3) is 8.53. The zero-order valence-corrected chi connectivity index (χ0v) is 20.5. The Labute approximate surface area is 202 Å². The Bertz CT molecular complexity index is 777. The summed E-state index contributed by atoms with van der Waals surface area (Å²) in [5, 5.41) is 9.49. The van der Waals surface area contributed by atoms with Gasteiger partial charge in [-0.1, -0.05) is 30.3 Å². The maximum atomic E-state index is 12.1. The summed E-state index contributed by atoms with van der Waals surface area (Å²) in [4.78, 5) is 19.3. The Kier molecular flexibility index (Phi) is 11.4. The zero-order valence-electron chi connectivity index (χ0n) is 18.2. The van der Waals surface area contributed by atoms with Gasteiger partial charge < -0.3 is 20.4 Å². The summed E-state index contributed by atoms with van der Waals surface area (Å²) in [5.74, 6) is 1.70. The van der Waals surface area contributed by atoms with Crippen molar-refractivity contribution in [3.05, 3.63) is 60.1 Å². The van der Waals surface area contributed by atoms with E-state index in [9.17, 15) is 4.79 Å². The van der Waals surface area contributed by atoms with Gasteiger partial charge in [-0.3, -0.25) is 14.7 Å². The molecule has 1 aromatic carbocycles. The molecule has 0 bridgehead atoms. The van der Waals surface area contributed by atoms with Crippen LogP contribution in [0, 0.1) is 0 Å². The minimum absolute atomic E-state index is 0. The van der Waals surface area contributed by atoms with Gasteiger partial charge in [0.15, 0.2) is 5.96 Å². The average Bonchev–Trinajstić information content (AvgIpc) is 3.48. The van der Waals surface area contributed by atoms with E-state index in [0.717, 1.165) is 36.9 Å². The molecule has 8 heteroatoms. The number of furan rings is 1. The molecule has 0 spiro atoms. The second-order valence-corrected chi connectivity index (χ2v) is 7.43. The van der Waals surface area contributed by atoms with E-state index in [-0.39, 0.29) is 35.9 Å². The Morgan fingerprint density at radius 3 is 2.55 bits per heavy atom. The third-order valence-corrected chi connectivity index (χ3v) is 5.20. The summed E-state index contributed by atoms with van der Waals surface area (Å²) in [6, 6.07) is 14.0. The van der Waals surface area contributed by atoms with Crippen LogP contribution in [0.3, 0.4) is 0 Å². The van der Waals surface area contributed by atoms with Crippen LogP contribution in [0.2, 0.25) is 0 Å². The molecule has 3 rings (SSSR count). The molecule has 1 saturated heterocycles. The zero-order chi connectivity index (χ0) is 21.0. The highest BCUT2D eigenvalue weighted by Crippen LogP contribution is 2.25. The predicted molar refractivity (Wildman–Crippen MR) is 135 cm³/mol. The third-order valence-electron chi connectivity index (χ3n) is 5.20. The van der Waals surface area contributed by atoms with Gasteiger partial charge in [-0.25, -0.2) is 0 Å². The van der Waals surface area contributed by atoms with Crippen LogP contribution >= 0.6 is 24.0 Å². The number of hydrogen-bond acceptors (Lipinski definition) is 4. The maximum Gasteiger partial charge on any atom is 0.222 e. The summed E-state index contributed by atoms with van der Waals surface area (Å²) >= 11 is 0. The lowest BCUT2D eigenvalue weighted by molar-refractivity contribution is -0.121. The topological polar surface area (TPSA) is 81.9 Å². The number of halogens is 1. The van der Waals surface area contributed by atoms with E-state index < -0.39 is 0 Å².